The molecule has 0 saturated carbocycles. The van der Waals surface area contributed by atoms with Crippen LogP contribution in [0.3, 0.4) is 0 Å². The number of aromatic nitrogens is 1. The second kappa shape index (κ2) is 6.41. The molecule has 0 unspecified atom stereocenters. The van der Waals surface area contributed by atoms with Crippen LogP contribution in [0, 0.1) is 0 Å². The Bertz CT molecular complexity index is 486. The minimum atomic E-state index is -0.626. The minimum Gasteiger partial charge on any atom is -0.444 e. The number of unbranched alkanes of at least 4 members (excludes halogenated alkanes) is 1. The van der Waals surface area contributed by atoms with Gasteiger partial charge in [0.15, 0.2) is 0 Å². The maximum absolute atomic E-state index is 11.8. The fourth-order valence-electron chi connectivity index (χ4n) is 1.54. The van der Waals surface area contributed by atoms with Crippen molar-refractivity contribution < 1.29 is 9.53 Å². The predicted molar refractivity (Wildman–Crippen MR) is 75.5 cm³/mol. The number of amides is 1. The van der Waals surface area contributed by atoms with Crippen molar-refractivity contribution >= 4 is 11.8 Å². The molecule has 0 radical (unpaired) electrons. The van der Waals surface area contributed by atoms with Gasteiger partial charge in [-0.15, -0.1) is 0 Å². The van der Waals surface area contributed by atoms with Gasteiger partial charge in [0.25, 0.3) is 5.56 Å². The van der Waals surface area contributed by atoms with Gasteiger partial charge in [0.2, 0.25) is 0 Å². The van der Waals surface area contributed by atoms with Gasteiger partial charge in [0.05, 0.1) is 0 Å². The fourth-order valence-corrected chi connectivity index (χ4v) is 1.54. The highest BCUT2D eigenvalue weighted by Crippen LogP contribution is 2.09. The van der Waals surface area contributed by atoms with Crippen LogP contribution in [0.2, 0.25) is 0 Å². The number of aryl methyl sites for hydroxylation is 1. The Morgan fingerprint density at radius 3 is 2.58 bits per heavy atom. The number of hydrogen-bond acceptors (Lipinski definition) is 3. The second-order valence-corrected chi connectivity index (χ2v) is 5.46. The lowest BCUT2D eigenvalue weighted by atomic mass is 10.2. The van der Waals surface area contributed by atoms with E-state index in [4.69, 9.17) is 4.74 Å². The molecule has 5 nitrogen and oxygen atoms in total. The summed E-state index contributed by atoms with van der Waals surface area (Å²) in [5.74, 6) is 0. The number of anilines is 1. The molecule has 0 aliphatic heterocycles. The topological polar surface area (TPSA) is 71.2 Å². The summed E-state index contributed by atoms with van der Waals surface area (Å²) >= 11 is 0. The Morgan fingerprint density at radius 1 is 1.37 bits per heavy atom. The van der Waals surface area contributed by atoms with Crippen molar-refractivity contribution in [2.75, 3.05) is 5.32 Å². The van der Waals surface area contributed by atoms with Gasteiger partial charge >= 0.3 is 6.09 Å². The van der Waals surface area contributed by atoms with Crippen LogP contribution in [0.25, 0.3) is 0 Å². The van der Waals surface area contributed by atoms with E-state index in [1.165, 1.54) is 0 Å². The molecule has 1 aromatic rings. The molecule has 1 amide bonds. The van der Waals surface area contributed by atoms with Gasteiger partial charge < -0.3 is 9.72 Å². The van der Waals surface area contributed by atoms with Crippen molar-refractivity contribution in [3.8, 4) is 0 Å². The van der Waals surface area contributed by atoms with E-state index >= 15 is 0 Å². The van der Waals surface area contributed by atoms with Gasteiger partial charge in [-0.05, 0) is 45.7 Å². The molecular weight excluding hydrogens is 244 g/mol. The maximum atomic E-state index is 11.8. The third kappa shape index (κ3) is 5.59. The van der Waals surface area contributed by atoms with E-state index in [-0.39, 0.29) is 11.2 Å². The molecule has 1 heterocycles. The highest BCUT2D eigenvalue weighted by molar-refractivity contribution is 5.84. The molecule has 0 aromatic carbocycles. The van der Waals surface area contributed by atoms with E-state index in [0.29, 0.717) is 0 Å². The number of nitrogens with one attached hydrogen (secondary N) is 2. The first-order valence-corrected chi connectivity index (χ1v) is 6.54. The summed E-state index contributed by atoms with van der Waals surface area (Å²) in [5, 5.41) is 2.45. The molecule has 1 aromatic heterocycles. The summed E-state index contributed by atoms with van der Waals surface area (Å²) in [6.07, 6.45) is 2.30. The molecule has 0 fully saturated rings. The van der Waals surface area contributed by atoms with Crippen LogP contribution in [0.5, 0.6) is 0 Å². The molecule has 5 heteroatoms. The van der Waals surface area contributed by atoms with E-state index in [2.05, 4.69) is 17.2 Å². The number of carbonyl (C=O) groups excluding carboxylic acids is 1. The van der Waals surface area contributed by atoms with E-state index in [1.54, 1.807) is 26.8 Å². The Labute approximate surface area is 113 Å². The van der Waals surface area contributed by atoms with Gasteiger partial charge in [-0.25, -0.2) is 4.79 Å². The summed E-state index contributed by atoms with van der Waals surface area (Å²) in [7, 11) is 0. The van der Waals surface area contributed by atoms with Crippen LogP contribution in [0.15, 0.2) is 16.9 Å². The van der Waals surface area contributed by atoms with Crippen LogP contribution in [-0.4, -0.2) is 16.7 Å². The number of carbonyl (C=O) groups is 1. The third-order valence-corrected chi connectivity index (χ3v) is 2.41. The lowest BCUT2D eigenvalue weighted by Crippen LogP contribution is -2.29. The molecular formula is C14H22N2O3. The average Bonchev–Trinajstić information content (AvgIpc) is 2.27. The Hall–Kier alpha value is -1.78. The predicted octanol–water partition coefficient (Wildman–Crippen LogP) is 3.06. The van der Waals surface area contributed by atoms with Crippen LogP contribution >= 0.6 is 0 Å². The summed E-state index contributed by atoms with van der Waals surface area (Å²) in [4.78, 5) is 26.1. The Balaban J connectivity index is 2.70. The fraction of sp³-hybridized carbons (Fsp3) is 0.571. The molecule has 0 aliphatic carbocycles. The average molecular weight is 266 g/mol. The lowest BCUT2D eigenvalue weighted by Gasteiger charge is -2.19. The largest absolute Gasteiger partial charge is 0.444 e. The van der Waals surface area contributed by atoms with Crippen molar-refractivity contribution in [2.45, 2.75) is 52.6 Å². The van der Waals surface area contributed by atoms with Gasteiger partial charge in [-0.2, -0.15) is 0 Å². The molecule has 0 saturated heterocycles. The zero-order valence-corrected chi connectivity index (χ0v) is 12.0. The quantitative estimate of drug-likeness (QED) is 0.879. The molecule has 0 spiro atoms. The number of aromatic amines is 1. The highest BCUT2D eigenvalue weighted by Gasteiger charge is 2.17. The van der Waals surface area contributed by atoms with E-state index in [1.807, 2.05) is 6.07 Å². The van der Waals surface area contributed by atoms with Crippen LogP contribution < -0.4 is 10.9 Å². The number of rotatable bonds is 4. The van der Waals surface area contributed by atoms with Gasteiger partial charge in [-0.1, -0.05) is 13.3 Å². The first-order chi connectivity index (χ1) is 8.81. The molecule has 2 N–H and O–H groups in total. The van der Waals surface area contributed by atoms with Crippen molar-refractivity contribution in [1.82, 2.24) is 4.98 Å². The molecule has 1 rings (SSSR count). The normalized spacial score (nSPS) is 11.2. The standard InChI is InChI=1S/C14H22N2O3/c1-5-6-7-10-8-9-11(12(17)15-10)16-13(18)19-14(2,3)4/h8-9H,5-7H2,1-4H3,(H,15,17)(H,16,18). The summed E-state index contributed by atoms with van der Waals surface area (Å²) in [6.45, 7) is 7.40. The number of hydrogen-bond donors (Lipinski definition) is 2. The smallest absolute Gasteiger partial charge is 0.412 e. The molecule has 0 bridgehead atoms. The van der Waals surface area contributed by atoms with Crippen LogP contribution in [0.1, 0.15) is 46.2 Å². The molecule has 0 atom stereocenters. The second-order valence-electron chi connectivity index (χ2n) is 5.46. The highest BCUT2D eigenvalue weighted by atomic mass is 16.6. The Kier molecular flexibility index (Phi) is 5.15. The molecule has 19 heavy (non-hydrogen) atoms. The molecule has 106 valence electrons. The first-order valence-electron chi connectivity index (χ1n) is 6.54. The zero-order valence-electron chi connectivity index (χ0n) is 12.0. The van der Waals surface area contributed by atoms with Gasteiger partial charge in [-0.3, -0.25) is 10.1 Å². The van der Waals surface area contributed by atoms with Crippen molar-refractivity contribution in [3.63, 3.8) is 0 Å². The maximum Gasteiger partial charge on any atom is 0.412 e. The summed E-state index contributed by atoms with van der Waals surface area (Å²) < 4.78 is 5.09. The number of pyridine rings is 1. The van der Waals surface area contributed by atoms with Crippen molar-refractivity contribution in [2.24, 2.45) is 0 Å². The van der Waals surface area contributed by atoms with Gasteiger partial charge in [0.1, 0.15) is 11.3 Å². The van der Waals surface area contributed by atoms with Crippen LogP contribution in [-0.2, 0) is 11.2 Å². The van der Waals surface area contributed by atoms with E-state index < -0.39 is 11.7 Å². The minimum absolute atomic E-state index is 0.203. The van der Waals surface area contributed by atoms with E-state index in [9.17, 15) is 9.59 Å². The van der Waals surface area contributed by atoms with Crippen molar-refractivity contribution in [1.29, 1.82) is 0 Å². The van der Waals surface area contributed by atoms with Crippen molar-refractivity contribution in [3.05, 3.63) is 28.2 Å². The summed E-state index contributed by atoms with van der Waals surface area (Å²) in [6, 6.07) is 3.41. The summed E-state index contributed by atoms with van der Waals surface area (Å²) in [5.41, 5.74) is 0.188. The lowest BCUT2D eigenvalue weighted by molar-refractivity contribution is 0.0635. The number of H-pyrrole nitrogens is 1. The number of ether oxygens (including phenoxy) is 1. The molecule has 0 aliphatic rings. The van der Waals surface area contributed by atoms with E-state index in [0.717, 1.165) is 25.0 Å². The SMILES string of the molecule is CCCCc1ccc(NC(=O)OC(C)(C)C)c(=O)[nH]1. The zero-order chi connectivity index (χ0) is 14.5. The monoisotopic (exact) mass is 266 g/mol. The first kappa shape index (κ1) is 15.3. The van der Waals surface area contributed by atoms with Gasteiger partial charge in [0, 0.05) is 5.69 Å². The Morgan fingerprint density at radius 2 is 2.05 bits per heavy atom. The van der Waals surface area contributed by atoms with Crippen LogP contribution in [0.4, 0.5) is 10.5 Å². The third-order valence-electron chi connectivity index (χ3n) is 2.41.